The Balaban J connectivity index is 1.03. The van der Waals surface area contributed by atoms with Gasteiger partial charge in [0.05, 0.1) is 17.1 Å². The van der Waals surface area contributed by atoms with Gasteiger partial charge in [0.1, 0.15) is 0 Å². The van der Waals surface area contributed by atoms with Crippen LogP contribution >= 0.6 is 0 Å². The molecule has 0 saturated carbocycles. The van der Waals surface area contributed by atoms with Gasteiger partial charge in [-0.15, -0.1) is 0 Å². The highest BCUT2D eigenvalue weighted by Gasteiger charge is 2.52. The summed E-state index contributed by atoms with van der Waals surface area (Å²) in [5.74, 6) is 0. The summed E-state index contributed by atoms with van der Waals surface area (Å²) in [7, 11) is 0. The first-order valence-corrected chi connectivity index (χ1v) is 24.4. The lowest BCUT2D eigenvalue weighted by molar-refractivity contribution is 0.567. The standard InChI is InChI=1S/C65H55N3/c1-63(2)54-26-17-27-55-60(54)68-61-56(63)38-47(44-28-32-50(33-29-44)66(48-22-9-7-10-23-48)49-24-11-8-12-25-49)39-57(61)65(5,6)59-41-53(40-58(62(59)68)64(55,3)4)67(51-34-30-42-18-13-15-20-45(42)36-51)52-35-31-43-19-14-16-21-46(43)37-52/h7,9-11,13-41H,8,12H2,1-6H3. The van der Waals surface area contributed by atoms with Crippen molar-refractivity contribution in [2.45, 2.75) is 70.6 Å². The molecule has 3 heteroatoms. The summed E-state index contributed by atoms with van der Waals surface area (Å²) in [5, 5.41) is 4.93. The zero-order valence-corrected chi connectivity index (χ0v) is 39.8. The first-order chi connectivity index (χ1) is 33.0. The minimum atomic E-state index is -0.352. The predicted molar refractivity (Wildman–Crippen MR) is 288 cm³/mol. The van der Waals surface area contributed by atoms with Gasteiger partial charge in [0.15, 0.2) is 0 Å². The molecule has 13 rings (SSSR count). The molecule has 9 aromatic carbocycles. The van der Waals surface area contributed by atoms with Crippen molar-refractivity contribution < 1.29 is 0 Å². The van der Waals surface area contributed by atoms with E-state index >= 15 is 0 Å². The lowest BCUT2D eigenvalue weighted by Crippen LogP contribution is -2.43. The lowest BCUT2D eigenvalue weighted by atomic mass is 9.60. The molecule has 4 aliphatic rings. The smallest absolute Gasteiger partial charge is 0.0545 e. The molecule has 1 aliphatic carbocycles. The summed E-state index contributed by atoms with van der Waals surface area (Å²) < 4.78 is 0. The normalized spacial score (nSPS) is 16.3. The van der Waals surface area contributed by atoms with Crippen molar-refractivity contribution in [1.82, 2.24) is 0 Å². The van der Waals surface area contributed by atoms with Gasteiger partial charge in [-0.2, -0.15) is 0 Å². The molecule has 0 spiro atoms. The number of para-hydroxylation sites is 2. The maximum Gasteiger partial charge on any atom is 0.0545 e. The van der Waals surface area contributed by atoms with Crippen molar-refractivity contribution in [2.24, 2.45) is 0 Å². The number of fused-ring (bicyclic) bond motifs is 2. The van der Waals surface area contributed by atoms with Gasteiger partial charge in [-0.25, -0.2) is 0 Å². The second-order valence-corrected chi connectivity index (χ2v) is 20.9. The molecule has 3 nitrogen and oxygen atoms in total. The summed E-state index contributed by atoms with van der Waals surface area (Å²) >= 11 is 0. The van der Waals surface area contributed by atoms with Crippen molar-refractivity contribution >= 4 is 67.0 Å². The van der Waals surface area contributed by atoms with Crippen LogP contribution in [0.15, 0.2) is 206 Å². The Bertz CT molecular complexity index is 3530. The molecule has 0 saturated heterocycles. The highest BCUT2D eigenvalue weighted by atomic mass is 15.2. The summed E-state index contributed by atoms with van der Waals surface area (Å²) in [6, 6.07) is 68.6. The quantitative estimate of drug-likeness (QED) is 0.158. The first kappa shape index (κ1) is 40.6. The zero-order chi connectivity index (χ0) is 46.1. The molecule has 0 fully saturated rings. The zero-order valence-electron chi connectivity index (χ0n) is 39.8. The van der Waals surface area contributed by atoms with Crippen LogP contribution in [0, 0.1) is 0 Å². The van der Waals surface area contributed by atoms with Crippen molar-refractivity contribution in [3.05, 3.63) is 239 Å². The Kier molecular flexibility index (Phi) is 8.78. The molecule has 0 unspecified atom stereocenters. The van der Waals surface area contributed by atoms with Crippen LogP contribution in [-0.4, -0.2) is 0 Å². The highest BCUT2D eigenvalue weighted by molar-refractivity contribution is 6.01. The topological polar surface area (TPSA) is 9.72 Å². The Morgan fingerprint density at radius 1 is 0.353 bits per heavy atom. The largest absolute Gasteiger partial charge is 0.311 e. The minimum absolute atomic E-state index is 0.240. The van der Waals surface area contributed by atoms with Crippen LogP contribution in [0.4, 0.5) is 45.5 Å². The van der Waals surface area contributed by atoms with Crippen LogP contribution in [-0.2, 0) is 16.2 Å². The minimum Gasteiger partial charge on any atom is -0.311 e. The third kappa shape index (κ3) is 5.91. The van der Waals surface area contributed by atoms with Crippen LogP contribution in [0.5, 0.6) is 0 Å². The number of hydrogen-bond acceptors (Lipinski definition) is 3. The number of nitrogens with zero attached hydrogens (tertiary/aromatic N) is 3. The van der Waals surface area contributed by atoms with Crippen molar-refractivity contribution in [3.8, 4) is 11.1 Å². The second kappa shape index (κ2) is 14.7. The fraction of sp³-hybridized carbons (Fsp3) is 0.169. The third-order valence-corrected chi connectivity index (χ3v) is 15.9. The molecule has 0 atom stereocenters. The van der Waals surface area contributed by atoms with E-state index in [0.717, 1.165) is 29.9 Å². The number of rotatable bonds is 7. The van der Waals surface area contributed by atoms with E-state index in [4.69, 9.17) is 0 Å². The van der Waals surface area contributed by atoms with E-state index in [0.29, 0.717) is 0 Å². The number of anilines is 8. The summed E-state index contributed by atoms with van der Waals surface area (Å²) in [4.78, 5) is 7.59. The van der Waals surface area contributed by atoms with E-state index in [9.17, 15) is 0 Å². The molecule has 0 N–H and O–H groups in total. The van der Waals surface area contributed by atoms with Gasteiger partial charge in [0, 0.05) is 50.4 Å². The molecule has 3 aliphatic heterocycles. The maximum atomic E-state index is 2.69. The van der Waals surface area contributed by atoms with Gasteiger partial charge in [-0.1, -0.05) is 163 Å². The van der Waals surface area contributed by atoms with Crippen LogP contribution in [0.2, 0.25) is 0 Å². The monoisotopic (exact) mass is 877 g/mol. The molecular weight excluding hydrogens is 823 g/mol. The van der Waals surface area contributed by atoms with Crippen molar-refractivity contribution in [3.63, 3.8) is 0 Å². The average Bonchev–Trinajstić information content (AvgIpc) is 3.36. The van der Waals surface area contributed by atoms with E-state index in [1.807, 2.05) is 0 Å². The molecule has 9 aromatic rings. The molecule has 0 amide bonds. The molecule has 330 valence electrons. The molecule has 68 heavy (non-hydrogen) atoms. The highest BCUT2D eigenvalue weighted by Crippen LogP contribution is 2.67. The summed E-state index contributed by atoms with van der Waals surface area (Å²) in [5.41, 5.74) is 20.9. The van der Waals surface area contributed by atoms with Crippen LogP contribution in [0.3, 0.4) is 0 Å². The average molecular weight is 878 g/mol. The Hall–Kier alpha value is -7.62. The van der Waals surface area contributed by atoms with Crippen LogP contribution in [0.25, 0.3) is 32.7 Å². The van der Waals surface area contributed by atoms with E-state index in [1.165, 1.54) is 100 Å². The van der Waals surface area contributed by atoms with Gasteiger partial charge in [0.25, 0.3) is 0 Å². The molecule has 0 bridgehead atoms. The van der Waals surface area contributed by atoms with E-state index in [1.54, 1.807) is 0 Å². The number of benzene rings is 9. The molecule has 0 aromatic heterocycles. The molecular formula is C65H55N3. The van der Waals surface area contributed by atoms with E-state index < -0.39 is 0 Å². The Morgan fingerprint density at radius 3 is 1.37 bits per heavy atom. The van der Waals surface area contributed by atoms with Gasteiger partial charge < -0.3 is 14.7 Å². The van der Waals surface area contributed by atoms with Gasteiger partial charge in [-0.05, 0) is 158 Å². The fourth-order valence-electron chi connectivity index (χ4n) is 12.2. The summed E-state index contributed by atoms with van der Waals surface area (Å²) in [6.45, 7) is 14.8. The van der Waals surface area contributed by atoms with E-state index in [2.05, 4.69) is 256 Å². The Labute approximate surface area is 400 Å². The summed E-state index contributed by atoms with van der Waals surface area (Å²) in [6.07, 6.45) is 9.06. The molecule has 0 radical (unpaired) electrons. The fourth-order valence-corrected chi connectivity index (χ4v) is 12.2. The van der Waals surface area contributed by atoms with Crippen molar-refractivity contribution in [1.29, 1.82) is 0 Å². The number of allylic oxidation sites excluding steroid dienone is 3. The van der Waals surface area contributed by atoms with Crippen molar-refractivity contribution in [2.75, 3.05) is 14.7 Å². The third-order valence-electron chi connectivity index (χ3n) is 15.9. The predicted octanol–water partition coefficient (Wildman–Crippen LogP) is 17.9. The van der Waals surface area contributed by atoms with Gasteiger partial charge >= 0.3 is 0 Å². The Morgan fingerprint density at radius 2 is 0.824 bits per heavy atom. The first-order valence-electron chi connectivity index (χ1n) is 24.4. The maximum absolute atomic E-state index is 2.69. The molecule has 3 heterocycles. The van der Waals surface area contributed by atoms with Crippen LogP contribution in [0.1, 0.15) is 87.8 Å². The number of hydrogen-bond donors (Lipinski definition) is 0. The van der Waals surface area contributed by atoms with Crippen LogP contribution < -0.4 is 14.7 Å². The van der Waals surface area contributed by atoms with E-state index in [-0.39, 0.29) is 16.2 Å². The SMILES string of the molecule is CC1(C)c2cccc3c2N2c4c1cc(-c1ccc(N(C5=CCCC=C5)c5ccccc5)cc1)cc4C(C)(C)c1cc(N(c4ccc5ccccc5c4)c4ccc5ccccc5c4)cc(c12)C3(C)C. The van der Waals surface area contributed by atoms with Gasteiger partial charge in [-0.3, -0.25) is 0 Å². The lowest BCUT2D eigenvalue weighted by Gasteiger charge is -2.55. The van der Waals surface area contributed by atoms with Gasteiger partial charge in [0.2, 0.25) is 0 Å². The second-order valence-electron chi connectivity index (χ2n) is 20.9.